The van der Waals surface area contributed by atoms with Crippen LogP contribution < -0.4 is 5.32 Å². The summed E-state index contributed by atoms with van der Waals surface area (Å²) in [4.78, 5) is 11.2. The minimum Gasteiger partial charge on any atom is -0.465 e. The molecule has 7 heteroatoms. The second-order valence-electron chi connectivity index (χ2n) is 4.03. The third-order valence-corrected chi connectivity index (χ3v) is 2.39. The Balaban J connectivity index is 2.21. The molecule has 1 N–H and O–H groups in total. The molecule has 0 saturated carbocycles. The van der Waals surface area contributed by atoms with E-state index in [0.717, 1.165) is 5.56 Å². The first-order valence-electron chi connectivity index (χ1n) is 5.95. The fourth-order valence-electron chi connectivity index (χ4n) is 1.44. The molecule has 0 aliphatic carbocycles. The molecule has 0 radical (unpaired) electrons. The standard InChI is InChI=1S/C13H16F3NO3/c1-19-12(18)11-4-2-10(3-5-11)8-17-6-7-20-9-13(14,15)16/h2-5,17H,6-9H2,1H3. The van der Waals surface area contributed by atoms with E-state index in [9.17, 15) is 18.0 Å². The molecule has 0 aromatic heterocycles. The van der Waals surface area contributed by atoms with Crippen LogP contribution in [0.5, 0.6) is 0 Å². The first-order chi connectivity index (χ1) is 9.42. The van der Waals surface area contributed by atoms with E-state index < -0.39 is 18.8 Å². The molecule has 0 aliphatic rings. The third-order valence-electron chi connectivity index (χ3n) is 2.39. The third kappa shape index (κ3) is 6.53. The molecule has 1 rings (SSSR count). The van der Waals surface area contributed by atoms with Gasteiger partial charge in [0.2, 0.25) is 0 Å². The second-order valence-corrected chi connectivity index (χ2v) is 4.03. The van der Waals surface area contributed by atoms with E-state index in [2.05, 4.69) is 14.8 Å². The van der Waals surface area contributed by atoms with Gasteiger partial charge in [0.05, 0.1) is 19.3 Å². The molecule has 112 valence electrons. The molecule has 0 bridgehead atoms. The quantitative estimate of drug-likeness (QED) is 0.617. The summed E-state index contributed by atoms with van der Waals surface area (Å²) in [5.74, 6) is -0.412. The molecule has 0 amide bonds. The van der Waals surface area contributed by atoms with Crippen molar-refractivity contribution in [1.29, 1.82) is 0 Å². The highest BCUT2D eigenvalue weighted by molar-refractivity contribution is 5.89. The number of ether oxygens (including phenoxy) is 2. The SMILES string of the molecule is COC(=O)c1ccc(CNCCOCC(F)(F)F)cc1. The maximum atomic E-state index is 11.8. The normalized spacial score (nSPS) is 11.4. The zero-order chi connectivity index (χ0) is 15.0. The smallest absolute Gasteiger partial charge is 0.411 e. The van der Waals surface area contributed by atoms with Gasteiger partial charge in [0.25, 0.3) is 0 Å². The molecule has 4 nitrogen and oxygen atoms in total. The van der Waals surface area contributed by atoms with Gasteiger partial charge in [0.1, 0.15) is 6.61 Å². The summed E-state index contributed by atoms with van der Waals surface area (Å²) in [6.45, 7) is -0.450. The average Bonchev–Trinajstić information content (AvgIpc) is 2.41. The number of halogens is 3. The Labute approximate surface area is 114 Å². The summed E-state index contributed by atoms with van der Waals surface area (Å²) in [5, 5.41) is 2.94. The summed E-state index contributed by atoms with van der Waals surface area (Å²) < 4.78 is 44.4. The fraction of sp³-hybridized carbons (Fsp3) is 0.462. The first kappa shape index (κ1) is 16.5. The van der Waals surface area contributed by atoms with Gasteiger partial charge in [-0.15, -0.1) is 0 Å². The van der Waals surface area contributed by atoms with Crippen LogP contribution in [0.4, 0.5) is 13.2 Å². The molecule has 1 aromatic carbocycles. The van der Waals surface area contributed by atoms with Crippen molar-refractivity contribution in [3.05, 3.63) is 35.4 Å². The Bertz CT molecular complexity index is 418. The minimum absolute atomic E-state index is 0.0141. The van der Waals surface area contributed by atoms with Crippen molar-refractivity contribution >= 4 is 5.97 Å². The molecule has 0 heterocycles. The van der Waals surface area contributed by atoms with E-state index in [-0.39, 0.29) is 6.61 Å². The van der Waals surface area contributed by atoms with E-state index in [1.165, 1.54) is 7.11 Å². The zero-order valence-corrected chi connectivity index (χ0v) is 11.0. The number of alkyl halides is 3. The minimum atomic E-state index is -4.29. The van der Waals surface area contributed by atoms with Crippen molar-refractivity contribution < 1.29 is 27.4 Å². The molecule has 1 aromatic rings. The van der Waals surface area contributed by atoms with Gasteiger partial charge in [-0.3, -0.25) is 0 Å². The van der Waals surface area contributed by atoms with Crippen molar-refractivity contribution in [3.8, 4) is 0 Å². The molecular weight excluding hydrogens is 275 g/mol. The Morgan fingerprint density at radius 3 is 2.45 bits per heavy atom. The highest BCUT2D eigenvalue weighted by atomic mass is 19.4. The maximum Gasteiger partial charge on any atom is 0.411 e. The maximum absolute atomic E-state index is 11.8. The van der Waals surface area contributed by atoms with Crippen molar-refractivity contribution in [2.75, 3.05) is 26.9 Å². The van der Waals surface area contributed by atoms with Crippen LogP contribution in [0.15, 0.2) is 24.3 Å². The van der Waals surface area contributed by atoms with Crippen LogP contribution in [0, 0.1) is 0 Å². The van der Waals surface area contributed by atoms with Crippen molar-refractivity contribution in [3.63, 3.8) is 0 Å². The Kier molecular flexibility index (Phi) is 6.47. The number of hydrogen-bond acceptors (Lipinski definition) is 4. The number of esters is 1. The van der Waals surface area contributed by atoms with E-state index in [1.807, 2.05) is 0 Å². The van der Waals surface area contributed by atoms with Gasteiger partial charge in [-0.25, -0.2) is 4.79 Å². The summed E-state index contributed by atoms with van der Waals surface area (Å²) in [6, 6.07) is 6.75. The van der Waals surface area contributed by atoms with E-state index in [4.69, 9.17) is 0 Å². The van der Waals surface area contributed by atoms with E-state index >= 15 is 0 Å². The highest BCUT2D eigenvalue weighted by Crippen LogP contribution is 2.14. The lowest BCUT2D eigenvalue weighted by Crippen LogP contribution is -2.23. The lowest BCUT2D eigenvalue weighted by molar-refractivity contribution is -0.173. The molecule has 20 heavy (non-hydrogen) atoms. The molecule has 0 aliphatic heterocycles. The van der Waals surface area contributed by atoms with Gasteiger partial charge in [0.15, 0.2) is 0 Å². The first-order valence-corrected chi connectivity index (χ1v) is 5.95. The van der Waals surface area contributed by atoms with Gasteiger partial charge in [-0.1, -0.05) is 12.1 Å². The summed E-state index contributed by atoms with van der Waals surface area (Å²) in [6.07, 6.45) is -4.29. The van der Waals surface area contributed by atoms with Crippen LogP contribution >= 0.6 is 0 Å². The second kappa shape index (κ2) is 7.86. The summed E-state index contributed by atoms with van der Waals surface area (Å²) in [5.41, 5.74) is 1.36. The number of methoxy groups -OCH3 is 1. The van der Waals surface area contributed by atoms with Crippen molar-refractivity contribution in [1.82, 2.24) is 5.32 Å². The largest absolute Gasteiger partial charge is 0.465 e. The Morgan fingerprint density at radius 2 is 1.90 bits per heavy atom. The van der Waals surface area contributed by atoms with E-state index in [1.54, 1.807) is 24.3 Å². The summed E-state index contributed by atoms with van der Waals surface area (Å²) in [7, 11) is 1.30. The number of benzene rings is 1. The molecule has 0 spiro atoms. The zero-order valence-electron chi connectivity index (χ0n) is 11.0. The number of carbonyl (C=O) groups is 1. The van der Waals surface area contributed by atoms with Crippen LogP contribution in [0.25, 0.3) is 0 Å². The van der Waals surface area contributed by atoms with Crippen molar-refractivity contribution in [2.24, 2.45) is 0 Å². The molecule has 0 atom stereocenters. The number of rotatable bonds is 7. The molecule has 0 fully saturated rings. The van der Waals surface area contributed by atoms with Gasteiger partial charge in [-0.05, 0) is 17.7 Å². The van der Waals surface area contributed by atoms with Crippen molar-refractivity contribution in [2.45, 2.75) is 12.7 Å². The monoisotopic (exact) mass is 291 g/mol. The average molecular weight is 291 g/mol. The molecule has 0 saturated heterocycles. The van der Waals surface area contributed by atoms with Gasteiger partial charge >= 0.3 is 12.1 Å². The topological polar surface area (TPSA) is 47.6 Å². The van der Waals surface area contributed by atoms with Crippen LogP contribution in [0.2, 0.25) is 0 Å². The summed E-state index contributed by atoms with van der Waals surface area (Å²) >= 11 is 0. The number of carbonyl (C=O) groups excluding carboxylic acids is 1. The Morgan fingerprint density at radius 1 is 1.25 bits per heavy atom. The number of hydrogen-bond donors (Lipinski definition) is 1. The fourth-order valence-corrected chi connectivity index (χ4v) is 1.44. The van der Waals surface area contributed by atoms with Gasteiger partial charge in [0, 0.05) is 13.1 Å². The van der Waals surface area contributed by atoms with Gasteiger partial charge < -0.3 is 14.8 Å². The van der Waals surface area contributed by atoms with Crippen LogP contribution in [-0.2, 0) is 16.0 Å². The number of nitrogens with one attached hydrogen (secondary N) is 1. The van der Waals surface area contributed by atoms with Crippen LogP contribution in [0.3, 0.4) is 0 Å². The lowest BCUT2D eigenvalue weighted by atomic mass is 10.1. The highest BCUT2D eigenvalue weighted by Gasteiger charge is 2.27. The molecule has 0 unspecified atom stereocenters. The molecular formula is C13H16F3NO3. The van der Waals surface area contributed by atoms with Gasteiger partial charge in [-0.2, -0.15) is 13.2 Å². The predicted octanol–water partition coefficient (Wildman–Crippen LogP) is 2.14. The van der Waals surface area contributed by atoms with Crippen LogP contribution in [0.1, 0.15) is 15.9 Å². The van der Waals surface area contributed by atoms with E-state index in [0.29, 0.717) is 18.7 Å². The predicted molar refractivity (Wildman–Crippen MR) is 66.4 cm³/mol. The lowest BCUT2D eigenvalue weighted by Gasteiger charge is -2.08. The Hall–Kier alpha value is -1.60. The van der Waals surface area contributed by atoms with Crippen LogP contribution in [-0.4, -0.2) is 39.0 Å².